The van der Waals surface area contributed by atoms with Crippen molar-refractivity contribution in [2.45, 2.75) is 56.9 Å². The van der Waals surface area contributed by atoms with Gasteiger partial charge in [0.2, 0.25) is 0 Å². The number of benzene rings is 1. The molecule has 0 spiro atoms. The van der Waals surface area contributed by atoms with E-state index in [0.717, 1.165) is 17.4 Å². The van der Waals surface area contributed by atoms with Crippen LogP contribution < -0.4 is 10.1 Å². The molecule has 112 valence electrons. The second-order valence-electron chi connectivity index (χ2n) is 5.43. The first kappa shape index (κ1) is 15.7. The van der Waals surface area contributed by atoms with Gasteiger partial charge in [0.05, 0.1) is 7.11 Å². The molecule has 1 aromatic carbocycles. The Bertz CT molecular complexity index is 392. The maximum Gasteiger partial charge on any atom is 0.118 e. The van der Waals surface area contributed by atoms with E-state index in [4.69, 9.17) is 4.74 Å². The Morgan fingerprint density at radius 2 is 2.00 bits per heavy atom. The minimum atomic E-state index is 0.462. The molecule has 3 heteroatoms. The van der Waals surface area contributed by atoms with Crippen molar-refractivity contribution in [2.24, 2.45) is 0 Å². The summed E-state index contributed by atoms with van der Waals surface area (Å²) in [6.07, 6.45) is 5.19. The third-order valence-electron chi connectivity index (χ3n) is 4.17. The van der Waals surface area contributed by atoms with Gasteiger partial charge in [-0.15, -0.1) is 0 Å². The van der Waals surface area contributed by atoms with E-state index >= 15 is 0 Å². The van der Waals surface area contributed by atoms with Crippen molar-refractivity contribution in [3.63, 3.8) is 0 Å². The molecule has 0 aromatic heterocycles. The fourth-order valence-corrected chi connectivity index (χ4v) is 4.28. The average molecular weight is 293 g/mol. The molecular formula is C17H27NOS. The zero-order chi connectivity index (χ0) is 14.4. The van der Waals surface area contributed by atoms with Gasteiger partial charge in [-0.3, -0.25) is 0 Å². The molecule has 3 unspecified atom stereocenters. The van der Waals surface area contributed by atoms with E-state index in [-0.39, 0.29) is 0 Å². The zero-order valence-corrected chi connectivity index (χ0v) is 13.7. The number of ether oxygens (including phenoxy) is 1. The van der Waals surface area contributed by atoms with Crippen LogP contribution in [-0.2, 0) is 0 Å². The van der Waals surface area contributed by atoms with Crippen molar-refractivity contribution in [1.29, 1.82) is 0 Å². The topological polar surface area (TPSA) is 21.3 Å². The van der Waals surface area contributed by atoms with Gasteiger partial charge in [-0.2, -0.15) is 11.8 Å². The molecule has 0 amide bonds. The first-order valence-electron chi connectivity index (χ1n) is 7.80. The van der Waals surface area contributed by atoms with Crippen molar-refractivity contribution >= 4 is 11.8 Å². The second-order valence-corrected chi connectivity index (χ2v) is 6.95. The van der Waals surface area contributed by atoms with Crippen LogP contribution in [0.25, 0.3) is 0 Å². The van der Waals surface area contributed by atoms with Gasteiger partial charge in [0.15, 0.2) is 0 Å². The molecule has 0 heterocycles. The zero-order valence-electron chi connectivity index (χ0n) is 12.9. The van der Waals surface area contributed by atoms with Crippen LogP contribution in [0.2, 0.25) is 0 Å². The average Bonchev–Trinajstić information content (AvgIpc) is 2.92. The number of methoxy groups -OCH3 is 1. The Morgan fingerprint density at radius 1 is 1.25 bits per heavy atom. The van der Waals surface area contributed by atoms with E-state index in [2.05, 4.69) is 55.2 Å². The summed E-state index contributed by atoms with van der Waals surface area (Å²) in [5, 5.41) is 4.69. The maximum absolute atomic E-state index is 5.24. The normalized spacial score (nSPS) is 23.8. The minimum Gasteiger partial charge on any atom is -0.497 e. The van der Waals surface area contributed by atoms with E-state index in [1.165, 1.54) is 30.6 Å². The van der Waals surface area contributed by atoms with Crippen molar-refractivity contribution < 1.29 is 4.74 Å². The van der Waals surface area contributed by atoms with Gasteiger partial charge in [0.1, 0.15) is 5.75 Å². The van der Waals surface area contributed by atoms with E-state index in [1.54, 1.807) is 7.11 Å². The molecule has 3 atom stereocenters. The third kappa shape index (κ3) is 3.92. The highest BCUT2D eigenvalue weighted by atomic mass is 32.2. The fourth-order valence-electron chi connectivity index (χ4n) is 3.07. The Kier molecular flexibility index (Phi) is 6.24. The molecule has 1 saturated carbocycles. The van der Waals surface area contributed by atoms with Crippen LogP contribution in [-0.4, -0.2) is 24.2 Å². The Labute approximate surface area is 127 Å². The van der Waals surface area contributed by atoms with Gasteiger partial charge in [-0.25, -0.2) is 0 Å². The predicted molar refractivity (Wildman–Crippen MR) is 88.7 cm³/mol. The fraction of sp³-hybridized carbons (Fsp3) is 0.647. The van der Waals surface area contributed by atoms with Crippen molar-refractivity contribution in [3.8, 4) is 5.75 Å². The molecular weight excluding hydrogens is 266 g/mol. The Hall–Kier alpha value is -0.670. The van der Waals surface area contributed by atoms with Crippen LogP contribution in [0.5, 0.6) is 5.75 Å². The largest absolute Gasteiger partial charge is 0.497 e. The van der Waals surface area contributed by atoms with Crippen LogP contribution in [0.3, 0.4) is 0 Å². The van der Waals surface area contributed by atoms with Crippen molar-refractivity contribution in [3.05, 3.63) is 29.8 Å². The van der Waals surface area contributed by atoms with Crippen LogP contribution in [0.4, 0.5) is 0 Å². The lowest BCUT2D eigenvalue weighted by atomic mass is 10.0. The van der Waals surface area contributed by atoms with Crippen molar-refractivity contribution in [1.82, 2.24) is 5.32 Å². The van der Waals surface area contributed by atoms with Crippen LogP contribution in [0, 0.1) is 0 Å². The van der Waals surface area contributed by atoms with Crippen LogP contribution >= 0.6 is 11.8 Å². The monoisotopic (exact) mass is 293 g/mol. The Balaban J connectivity index is 2.00. The van der Waals surface area contributed by atoms with Gasteiger partial charge >= 0.3 is 0 Å². The molecule has 1 aliphatic rings. The quantitative estimate of drug-likeness (QED) is 0.804. The van der Waals surface area contributed by atoms with E-state index < -0.39 is 0 Å². The standard InChI is InChI=1S/C17H27NOS/c1-4-15(13-9-11-14(19-3)12-10-13)18-16-7-6-8-17(16)20-5-2/h9-12,15-18H,4-8H2,1-3H3. The summed E-state index contributed by atoms with van der Waals surface area (Å²) in [7, 11) is 1.72. The van der Waals surface area contributed by atoms with E-state index in [0.29, 0.717) is 12.1 Å². The van der Waals surface area contributed by atoms with Crippen LogP contribution in [0.15, 0.2) is 24.3 Å². The van der Waals surface area contributed by atoms with E-state index in [9.17, 15) is 0 Å². The second kappa shape index (κ2) is 7.94. The summed E-state index contributed by atoms with van der Waals surface area (Å²) in [5.41, 5.74) is 1.38. The lowest BCUT2D eigenvalue weighted by molar-refractivity contribution is 0.412. The van der Waals surface area contributed by atoms with Gasteiger partial charge in [-0.05, 0) is 42.7 Å². The molecule has 1 fully saturated rings. The molecule has 2 nitrogen and oxygen atoms in total. The maximum atomic E-state index is 5.24. The van der Waals surface area contributed by atoms with Gasteiger partial charge < -0.3 is 10.1 Å². The molecule has 0 radical (unpaired) electrons. The molecule has 2 rings (SSSR count). The SMILES string of the molecule is CCSC1CCCC1NC(CC)c1ccc(OC)cc1. The molecule has 0 saturated heterocycles. The summed E-state index contributed by atoms with van der Waals surface area (Å²) in [6, 6.07) is 9.64. The summed E-state index contributed by atoms with van der Waals surface area (Å²) in [6.45, 7) is 4.53. The molecule has 0 bridgehead atoms. The molecule has 0 aliphatic heterocycles. The molecule has 20 heavy (non-hydrogen) atoms. The number of hydrogen-bond acceptors (Lipinski definition) is 3. The molecule has 1 aromatic rings. The minimum absolute atomic E-state index is 0.462. The first-order valence-corrected chi connectivity index (χ1v) is 8.85. The number of nitrogens with one attached hydrogen (secondary N) is 1. The highest BCUT2D eigenvalue weighted by Crippen LogP contribution is 2.32. The van der Waals surface area contributed by atoms with Gasteiger partial charge in [0.25, 0.3) is 0 Å². The number of hydrogen-bond donors (Lipinski definition) is 1. The smallest absolute Gasteiger partial charge is 0.118 e. The van der Waals surface area contributed by atoms with E-state index in [1.807, 2.05) is 0 Å². The van der Waals surface area contributed by atoms with Gasteiger partial charge in [0, 0.05) is 17.3 Å². The Morgan fingerprint density at radius 3 is 2.60 bits per heavy atom. The van der Waals surface area contributed by atoms with Crippen LogP contribution in [0.1, 0.15) is 51.1 Å². The third-order valence-corrected chi connectivity index (χ3v) is 5.50. The lowest BCUT2D eigenvalue weighted by Crippen LogP contribution is -2.37. The lowest BCUT2D eigenvalue weighted by Gasteiger charge is -2.26. The van der Waals surface area contributed by atoms with Crippen molar-refractivity contribution in [2.75, 3.05) is 12.9 Å². The summed E-state index contributed by atoms with van der Waals surface area (Å²) in [5.74, 6) is 2.16. The predicted octanol–water partition coefficient (Wildman–Crippen LogP) is 4.41. The summed E-state index contributed by atoms with van der Waals surface area (Å²) >= 11 is 2.12. The number of thioether (sulfide) groups is 1. The summed E-state index contributed by atoms with van der Waals surface area (Å²) in [4.78, 5) is 0. The van der Waals surface area contributed by atoms with Gasteiger partial charge in [-0.1, -0.05) is 32.4 Å². The molecule has 1 aliphatic carbocycles. The number of rotatable bonds is 7. The highest BCUT2D eigenvalue weighted by Gasteiger charge is 2.28. The summed E-state index contributed by atoms with van der Waals surface area (Å²) < 4.78 is 5.24. The highest BCUT2D eigenvalue weighted by molar-refractivity contribution is 7.99. The first-order chi connectivity index (χ1) is 9.78. The molecule has 1 N–H and O–H groups in total.